The Hall–Kier alpha value is -1.06. The van der Waals surface area contributed by atoms with Gasteiger partial charge in [-0.1, -0.05) is 0 Å². The van der Waals surface area contributed by atoms with Crippen LogP contribution in [0.1, 0.15) is 20.3 Å². The summed E-state index contributed by atoms with van der Waals surface area (Å²) in [6, 6.07) is 0. The van der Waals surface area contributed by atoms with Crippen LogP contribution < -0.4 is 0 Å². The van der Waals surface area contributed by atoms with Gasteiger partial charge in [0, 0.05) is 27.2 Å². The monoisotopic (exact) mass is 186 g/mol. The highest BCUT2D eigenvalue weighted by molar-refractivity contribution is 5.96. The summed E-state index contributed by atoms with van der Waals surface area (Å²) in [6.45, 7) is 5.04. The lowest BCUT2D eigenvalue weighted by Crippen LogP contribution is -2.34. The first kappa shape index (κ1) is 11.9. The Morgan fingerprint density at radius 2 is 1.23 bits per heavy atom. The third-order valence-electron chi connectivity index (χ3n) is 2.10. The maximum absolute atomic E-state index is 11.3. The van der Waals surface area contributed by atoms with E-state index in [1.54, 1.807) is 23.9 Å². The van der Waals surface area contributed by atoms with E-state index in [4.69, 9.17) is 0 Å². The number of carbonyl (C=O) groups excluding carboxylic acids is 2. The van der Waals surface area contributed by atoms with Crippen LogP contribution in [0, 0.1) is 0 Å². The van der Waals surface area contributed by atoms with Crippen molar-refractivity contribution in [3.05, 3.63) is 0 Å². The quantitative estimate of drug-likeness (QED) is 0.594. The topological polar surface area (TPSA) is 40.6 Å². The van der Waals surface area contributed by atoms with E-state index >= 15 is 0 Å². The van der Waals surface area contributed by atoms with E-state index in [2.05, 4.69) is 0 Å². The molecule has 0 spiro atoms. The number of hydrogen-bond donors (Lipinski definition) is 0. The smallest absolute Gasteiger partial charge is 0.231 e. The minimum atomic E-state index is -0.118. The maximum atomic E-state index is 11.3. The van der Waals surface area contributed by atoms with Crippen LogP contribution in [0.5, 0.6) is 0 Å². The number of hydrogen-bond acceptors (Lipinski definition) is 2. The van der Waals surface area contributed by atoms with E-state index in [1.165, 1.54) is 0 Å². The molecule has 0 saturated carbocycles. The van der Waals surface area contributed by atoms with Crippen molar-refractivity contribution < 1.29 is 9.59 Å². The Bertz CT molecular complexity index is 172. The van der Waals surface area contributed by atoms with E-state index in [-0.39, 0.29) is 18.2 Å². The molecular weight excluding hydrogens is 168 g/mol. The van der Waals surface area contributed by atoms with Gasteiger partial charge in [0.25, 0.3) is 0 Å². The minimum Gasteiger partial charge on any atom is -0.346 e. The van der Waals surface area contributed by atoms with Crippen molar-refractivity contribution in [2.75, 3.05) is 27.2 Å². The lowest BCUT2D eigenvalue weighted by atomic mass is 10.3. The van der Waals surface area contributed by atoms with E-state index < -0.39 is 0 Å². The average molecular weight is 186 g/mol. The molecule has 0 atom stereocenters. The van der Waals surface area contributed by atoms with Gasteiger partial charge in [0.15, 0.2) is 0 Å². The van der Waals surface area contributed by atoms with Crippen LogP contribution in [0.2, 0.25) is 0 Å². The van der Waals surface area contributed by atoms with Gasteiger partial charge >= 0.3 is 0 Å². The van der Waals surface area contributed by atoms with Crippen LogP contribution >= 0.6 is 0 Å². The molecule has 13 heavy (non-hydrogen) atoms. The standard InChI is InChI=1S/C9H18N2O2/c1-5-10(3)8(12)7-9(13)11(4)6-2/h5-7H2,1-4H3. The van der Waals surface area contributed by atoms with Gasteiger partial charge in [-0.2, -0.15) is 0 Å². The molecule has 0 N–H and O–H groups in total. The van der Waals surface area contributed by atoms with Crippen LogP contribution in [-0.4, -0.2) is 48.8 Å². The minimum absolute atomic E-state index is 0.0192. The van der Waals surface area contributed by atoms with Gasteiger partial charge in [-0.15, -0.1) is 0 Å². The normalized spacial score (nSPS) is 9.54. The van der Waals surface area contributed by atoms with E-state index in [1.807, 2.05) is 13.8 Å². The van der Waals surface area contributed by atoms with Gasteiger partial charge in [-0.05, 0) is 13.8 Å². The summed E-state index contributed by atoms with van der Waals surface area (Å²) < 4.78 is 0. The molecule has 0 aromatic carbocycles. The third kappa shape index (κ3) is 3.92. The Morgan fingerprint density at radius 1 is 0.923 bits per heavy atom. The number of nitrogens with zero attached hydrogens (tertiary/aromatic N) is 2. The molecule has 0 heterocycles. The fourth-order valence-electron chi connectivity index (χ4n) is 0.752. The summed E-state index contributed by atoms with van der Waals surface area (Å²) in [5.74, 6) is -0.236. The zero-order chi connectivity index (χ0) is 10.4. The molecule has 4 nitrogen and oxygen atoms in total. The van der Waals surface area contributed by atoms with Crippen LogP contribution in [0.25, 0.3) is 0 Å². The van der Waals surface area contributed by atoms with E-state index in [9.17, 15) is 9.59 Å². The Balaban J connectivity index is 3.99. The van der Waals surface area contributed by atoms with Crippen molar-refractivity contribution in [2.24, 2.45) is 0 Å². The van der Waals surface area contributed by atoms with Crippen LogP contribution in [0.3, 0.4) is 0 Å². The molecule has 0 aromatic rings. The number of amides is 2. The zero-order valence-electron chi connectivity index (χ0n) is 8.83. The van der Waals surface area contributed by atoms with Gasteiger partial charge in [0.05, 0.1) is 0 Å². The molecule has 0 aliphatic rings. The van der Waals surface area contributed by atoms with Crippen molar-refractivity contribution in [1.82, 2.24) is 9.80 Å². The molecule has 0 aromatic heterocycles. The molecule has 0 aliphatic heterocycles. The first-order chi connectivity index (χ1) is 6.02. The molecule has 0 saturated heterocycles. The van der Waals surface area contributed by atoms with Gasteiger partial charge in [-0.3, -0.25) is 9.59 Å². The molecule has 0 bridgehead atoms. The molecule has 0 radical (unpaired) electrons. The maximum Gasteiger partial charge on any atom is 0.231 e. The van der Waals surface area contributed by atoms with Crippen LogP contribution in [-0.2, 0) is 9.59 Å². The Morgan fingerprint density at radius 3 is 1.46 bits per heavy atom. The molecule has 4 heteroatoms. The number of rotatable bonds is 4. The van der Waals surface area contributed by atoms with Gasteiger partial charge in [0.2, 0.25) is 11.8 Å². The highest BCUT2D eigenvalue weighted by Crippen LogP contribution is 1.95. The molecule has 2 amide bonds. The highest BCUT2D eigenvalue weighted by Gasteiger charge is 2.14. The molecule has 76 valence electrons. The predicted molar refractivity (Wildman–Crippen MR) is 51.2 cm³/mol. The molecule has 0 fully saturated rings. The summed E-state index contributed by atoms with van der Waals surface area (Å²) in [5.41, 5.74) is 0. The van der Waals surface area contributed by atoms with Crippen LogP contribution in [0.15, 0.2) is 0 Å². The first-order valence-electron chi connectivity index (χ1n) is 4.50. The summed E-state index contributed by atoms with van der Waals surface area (Å²) in [4.78, 5) is 25.7. The third-order valence-corrected chi connectivity index (χ3v) is 2.10. The second kappa shape index (κ2) is 5.56. The average Bonchev–Trinajstić information content (AvgIpc) is 2.14. The second-order valence-corrected chi connectivity index (χ2v) is 2.99. The van der Waals surface area contributed by atoms with Crippen LogP contribution in [0.4, 0.5) is 0 Å². The summed E-state index contributed by atoms with van der Waals surface area (Å²) in [6.07, 6.45) is -0.0192. The number of carbonyl (C=O) groups is 2. The van der Waals surface area contributed by atoms with Gasteiger partial charge < -0.3 is 9.80 Å². The Kier molecular flexibility index (Phi) is 5.11. The van der Waals surface area contributed by atoms with Crippen molar-refractivity contribution in [3.8, 4) is 0 Å². The van der Waals surface area contributed by atoms with Gasteiger partial charge in [0.1, 0.15) is 6.42 Å². The molecule has 0 rings (SSSR count). The highest BCUT2D eigenvalue weighted by atomic mass is 16.2. The summed E-state index contributed by atoms with van der Waals surface area (Å²) >= 11 is 0. The fraction of sp³-hybridized carbons (Fsp3) is 0.778. The molecular formula is C9H18N2O2. The van der Waals surface area contributed by atoms with Crippen molar-refractivity contribution in [3.63, 3.8) is 0 Å². The lowest BCUT2D eigenvalue weighted by molar-refractivity contribution is -0.139. The van der Waals surface area contributed by atoms with E-state index in [0.717, 1.165) is 0 Å². The summed E-state index contributed by atoms with van der Waals surface area (Å²) in [7, 11) is 3.39. The fourth-order valence-corrected chi connectivity index (χ4v) is 0.752. The SMILES string of the molecule is CCN(C)C(=O)CC(=O)N(C)CC. The van der Waals surface area contributed by atoms with Crippen molar-refractivity contribution in [1.29, 1.82) is 0 Å². The lowest BCUT2D eigenvalue weighted by Gasteiger charge is -2.17. The van der Waals surface area contributed by atoms with Crippen molar-refractivity contribution in [2.45, 2.75) is 20.3 Å². The largest absolute Gasteiger partial charge is 0.346 e. The predicted octanol–water partition coefficient (Wildman–Crippen LogP) is 0.333. The van der Waals surface area contributed by atoms with Crippen molar-refractivity contribution >= 4 is 11.8 Å². The Labute approximate surface area is 79.5 Å². The molecule has 0 unspecified atom stereocenters. The first-order valence-corrected chi connectivity index (χ1v) is 4.50. The van der Waals surface area contributed by atoms with Gasteiger partial charge in [-0.25, -0.2) is 0 Å². The summed E-state index contributed by atoms with van der Waals surface area (Å²) in [5, 5.41) is 0. The molecule has 0 aliphatic carbocycles. The zero-order valence-corrected chi connectivity index (χ0v) is 8.83. The second-order valence-electron chi connectivity index (χ2n) is 2.99. The van der Waals surface area contributed by atoms with E-state index in [0.29, 0.717) is 13.1 Å².